The van der Waals surface area contributed by atoms with Crippen LogP contribution in [0.1, 0.15) is 30.4 Å². The Labute approximate surface area is 128 Å². The van der Waals surface area contributed by atoms with Crippen molar-refractivity contribution < 1.29 is 19.7 Å². The number of phenols is 1. The summed E-state index contributed by atoms with van der Waals surface area (Å²) < 4.78 is 5.94. The molecule has 2 bridgehead atoms. The van der Waals surface area contributed by atoms with Crippen molar-refractivity contribution in [1.82, 2.24) is 4.90 Å². The molecule has 2 aliphatic carbocycles. The van der Waals surface area contributed by atoms with E-state index in [9.17, 15) is 15.0 Å². The summed E-state index contributed by atoms with van der Waals surface area (Å²) in [5.74, 6) is 0.561. The van der Waals surface area contributed by atoms with E-state index in [4.69, 9.17) is 4.74 Å². The van der Waals surface area contributed by atoms with E-state index in [1.165, 1.54) is 0 Å². The predicted molar refractivity (Wildman–Crippen MR) is 78.1 cm³/mol. The number of nitrogens with zero attached hydrogens (tertiary/aromatic N) is 1. The van der Waals surface area contributed by atoms with Gasteiger partial charge in [-0.1, -0.05) is 6.07 Å². The number of aromatic hydroxyl groups is 1. The van der Waals surface area contributed by atoms with Crippen LogP contribution >= 0.6 is 0 Å². The lowest BCUT2D eigenvalue weighted by Crippen LogP contribution is -2.76. The van der Waals surface area contributed by atoms with Crippen molar-refractivity contribution in [3.63, 3.8) is 0 Å². The van der Waals surface area contributed by atoms with Gasteiger partial charge < -0.3 is 19.8 Å². The molecule has 1 aromatic carbocycles. The van der Waals surface area contributed by atoms with Crippen LogP contribution in [-0.4, -0.2) is 52.2 Å². The quantitative estimate of drug-likeness (QED) is 0.740. The topological polar surface area (TPSA) is 70.0 Å². The number of ketones is 1. The van der Waals surface area contributed by atoms with Gasteiger partial charge in [-0.2, -0.15) is 0 Å². The first-order valence-corrected chi connectivity index (χ1v) is 7.96. The van der Waals surface area contributed by atoms with Gasteiger partial charge in [0, 0.05) is 18.0 Å². The smallest absolute Gasteiger partial charge is 0.174 e. The average molecular weight is 301 g/mol. The number of hydrogen-bond acceptors (Lipinski definition) is 5. The van der Waals surface area contributed by atoms with Crippen molar-refractivity contribution in [2.24, 2.45) is 0 Å². The van der Waals surface area contributed by atoms with Crippen LogP contribution in [-0.2, 0) is 16.6 Å². The fraction of sp³-hybridized carbons (Fsp3) is 0.588. The van der Waals surface area contributed by atoms with Crippen LogP contribution in [0.25, 0.3) is 0 Å². The van der Waals surface area contributed by atoms with Crippen molar-refractivity contribution >= 4 is 5.78 Å². The Morgan fingerprint density at radius 1 is 1.36 bits per heavy atom. The number of rotatable bonds is 0. The molecule has 4 aliphatic rings. The minimum Gasteiger partial charge on any atom is -0.504 e. The number of carbonyl (C=O) groups is 1. The normalized spacial score (nSPS) is 42.0. The van der Waals surface area contributed by atoms with E-state index in [2.05, 4.69) is 4.90 Å². The minimum absolute atomic E-state index is 0.00319. The van der Waals surface area contributed by atoms with Crippen molar-refractivity contribution in [1.29, 1.82) is 0 Å². The number of likely N-dealkylation sites (N-methyl/N-ethyl adjacent to an activating group) is 1. The second-order valence-corrected chi connectivity index (χ2v) is 7.26. The maximum Gasteiger partial charge on any atom is 0.174 e. The third-order valence-electron chi connectivity index (χ3n) is 6.53. The first-order valence-electron chi connectivity index (χ1n) is 7.96. The fourth-order valence-corrected chi connectivity index (χ4v) is 5.54. The molecule has 5 heteroatoms. The number of piperidine rings is 1. The highest BCUT2D eigenvalue weighted by Gasteiger charge is 2.72. The average Bonchev–Trinajstić information content (AvgIpc) is 2.85. The van der Waals surface area contributed by atoms with Gasteiger partial charge in [-0.25, -0.2) is 0 Å². The minimum atomic E-state index is -0.954. The highest BCUT2D eigenvalue weighted by atomic mass is 16.5. The lowest BCUT2D eigenvalue weighted by atomic mass is 9.49. The summed E-state index contributed by atoms with van der Waals surface area (Å²) in [7, 11) is 2.04. The molecule has 1 saturated heterocycles. The molecule has 1 aromatic rings. The van der Waals surface area contributed by atoms with E-state index in [0.29, 0.717) is 25.0 Å². The number of hydrogen-bond donors (Lipinski definition) is 2. The molecule has 116 valence electrons. The zero-order chi connectivity index (χ0) is 15.3. The summed E-state index contributed by atoms with van der Waals surface area (Å²) in [6, 6.07) is 3.57. The Morgan fingerprint density at radius 2 is 2.18 bits per heavy atom. The second kappa shape index (κ2) is 3.66. The maximum atomic E-state index is 12.5. The molecular weight excluding hydrogens is 282 g/mol. The lowest BCUT2D eigenvalue weighted by molar-refractivity contribution is -0.185. The summed E-state index contributed by atoms with van der Waals surface area (Å²) in [6.07, 6.45) is 1.61. The molecular formula is C17H19NO4. The Balaban J connectivity index is 1.88. The van der Waals surface area contributed by atoms with Gasteiger partial charge in [0.15, 0.2) is 23.4 Å². The monoisotopic (exact) mass is 301 g/mol. The van der Waals surface area contributed by atoms with Crippen LogP contribution in [0.4, 0.5) is 0 Å². The Bertz CT molecular complexity index is 717. The standard InChI is InChI=1S/C17H19NO4/c1-18-7-6-16-13-9-2-3-10(19)14(13)22-15(16)11(20)4-5-17(16,21)12(18)8-9/h2-3,12,15,19,21H,4-8H2,1H3/t12?,15-,16?,17+/m0/s1. The number of Topliss-reactive ketones (excluding diaryl/α,β-unsaturated/α-hetero) is 1. The molecule has 22 heavy (non-hydrogen) atoms. The van der Waals surface area contributed by atoms with Crippen LogP contribution in [0.2, 0.25) is 0 Å². The number of phenolic OH excluding ortho intramolecular Hbond substituents is 1. The van der Waals surface area contributed by atoms with Gasteiger partial charge >= 0.3 is 0 Å². The van der Waals surface area contributed by atoms with E-state index in [1.54, 1.807) is 6.07 Å². The van der Waals surface area contributed by atoms with E-state index in [-0.39, 0.29) is 17.6 Å². The van der Waals surface area contributed by atoms with Gasteiger partial charge in [-0.3, -0.25) is 4.79 Å². The second-order valence-electron chi connectivity index (χ2n) is 7.26. The van der Waals surface area contributed by atoms with Crippen molar-refractivity contribution in [3.8, 4) is 11.5 Å². The molecule has 2 N–H and O–H groups in total. The molecule has 4 atom stereocenters. The number of ether oxygens (including phenoxy) is 1. The maximum absolute atomic E-state index is 12.5. The molecule has 1 spiro atoms. The molecule has 5 nitrogen and oxygen atoms in total. The molecule has 2 unspecified atom stereocenters. The van der Waals surface area contributed by atoms with Crippen molar-refractivity contribution in [2.45, 2.75) is 48.8 Å². The Hall–Kier alpha value is -1.59. The number of likely N-dealkylation sites (tertiary alicyclic amines) is 1. The van der Waals surface area contributed by atoms with Gasteiger partial charge in [-0.05, 0) is 44.5 Å². The fourth-order valence-electron chi connectivity index (χ4n) is 5.54. The van der Waals surface area contributed by atoms with Crippen molar-refractivity contribution in [2.75, 3.05) is 13.6 Å². The Kier molecular flexibility index (Phi) is 2.15. The molecule has 2 heterocycles. The van der Waals surface area contributed by atoms with E-state index in [0.717, 1.165) is 24.1 Å². The zero-order valence-electron chi connectivity index (χ0n) is 12.5. The molecule has 1 saturated carbocycles. The summed E-state index contributed by atoms with van der Waals surface area (Å²) in [4.78, 5) is 14.7. The number of benzene rings is 1. The third-order valence-corrected chi connectivity index (χ3v) is 6.53. The van der Waals surface area contributed by atoms with Crippen molar-refractivity contribution in [3.05, 3.63) is 23.3 Å². The van der Waals surface area contributed by atoms with E-state index in [1.807, 2.05) is 13.1 Å². The first-order chi connectivity index (χ1) is 10.5. The molecule has 0 amide bonds. The summed E-state index contributed by atoms with van der Waals surface area (Å²) in [5, 5.41) is 21.8. The van der Waals surface area contributed by atoms with Gasteiger partial charge in [0.2, 0.25) is 0 Å². The van der Waals surface area contributed by atoms with Crippen LogP contribution < -0.4 is 4.74 Å². The first kappa shape index (κ1) is 12.9. The van der Waals surface area contributed by atoms with Gasteiger partial charge in [0.1, 0.15) is 0 Å². The molecule has 2 fully saturated rings. The van der Waals surface area contributed by atoms with Crippen LogP contribution in [0, 0.1) is 0 Å². The number of aliphatic hydroxyl groups is 1. The molecule has 5 rings (SSSR count). The predicted octanol–water partition coefficient (Wildman–Crippen LogP) is 0.745. The molecule has 0 aromatic heterocycles. The van der Waals surface area contributed by atoms with Crippen LogP contribution in [0.3, 0.4) is 0 Å². The lowest BCUT2D eigenvalue weighted by Gasteiger charge is -2.61. The van der Waals surface area contributed by atoms with E-state index < -0.39 is 17.1 Å². The summed E-state index contributed by atoms with van der Waals surface area (Å²) in [5.41, 5.74) is 0.370. The molecule has 2 aliphatic heterocycles. The Morgan fingerprint density at radius 3 is 3.00 bits per heavy atom. The third kappa shape index (κ3) is 1.13. The van der Waals surface area contributed by atoms with Gasteiger partial charge in [0.05, 0.1) is 11.0 Å². The highest BCUT2D eigenvalue weighted by Crippen LogP contribution is 2.64. The van der Waals surface area contributed by atoms with E-state index >= 15 is 0 Å². The highest BCUT2D eigenvalue weighted by molar-refractivity contribution is 5.90. The van der Waals surface area contributed by atoms with Crippen LogP contribution in [0.5, 0.6) is 11.5 Å². The summed E-state index contributed by atoms with van der Waals surface area (Å²) >= 11 is 0. The zero-order valence-corrected chi connectivity index (χ0v) is 12.5. The molecule has 0 radical (unpaired) electrons. The number of carbonyl (C=O) groups excluding carboxylic acids is 1. The summed E-state index contributed by atoms with van der Waals surface area (Å²) in [6.45, 7) is 0.828. The van der Waals surface area contributed by atoms with Gasteiger partial charge in [0.25, 0.3) is 0 Å². The largest absolute Gasteiger partial charge is 0.504 e. The van der Waals surface area contributed by atoms with Crippen LogP contribution in [0.15, 0.2) is 12.1 Å². The SMILES string of the molecule is CN1CCC23c4c5ccc(O)c4O[C@H]2C(=O)CC[C@@]3(O)C1C5. The van der Waals surface area contributed by atoms with Gasteiger partial charge in [-0.15, -0.1) is 0 Å².